The van der Waals surface area contributed by atoms with Gasteiger partial charge in [-0.05, 0) is 24.3 Å². The lowest BCUT2D eigenvalue weighted by molar-refractivity contribution is 0.173. The Labute approximate surface area is 126 Å². The number of nitrogens with zero attached hydrogens (tertiary/aromatic N) is 2. The van der Waals surface area contributed by atoms with Crippen molar-refractivity contribution in [3.63, 3.8) is 0 Å². The fraction of sp³-hybridized carbons (Fsp3) is 0.125. The molecule has 0 bridgehead atoms. The summed E-state index contributed by atoms with van der Waals surface area (Å²) in [7, 11) is 0. The van der Waals surface area contributed by atoms with E-state index < -0.39 is 0 Å². The highest BCUT2D eigenvalue weighted by Gasteiger charge is 2.14. The zero-order valence-corrected chi connectivity index (χ0v) is 11.6. The van der Waals surface area contributed by atoms with Crippen molar-refractivity contribution in [2.45, 2.75) is 6.61 Å². The van der Waals surface area contributed by atoms with E-state index in [1.807, 2.05) is 36.4 Å². The Morgan fingerprint density at radius 1 is 0.955 bits per heavy atom. The molecule has 1 aliphatic rings. The summed E-state index contributed by atoms with van der Waals surface area (Å²) in [4.78, 5) is 0. The molecule has 0 aliphatic carbocycles. The minimum atomic E-state index is 0.194. The van der Waals surface area contributed by atoms with E-state index in [-0.39, 0.29) is 13.4 Å². The highest BCUT2D eigenvalue weighted by molar-refractivity contribution is 5.51. The standard InChI is InChI=1S/C16H12N2O4/c1-2-4-11(5-3-1)16-18-17-15(22-16)9-19-12-6-7-13-14(8-12)21-10-20-13/h1-8H,9-10H2. The van der Waals surface area contributed by atoms with Crippen molar-refractivity contribution in [1.29, 1.82) is 0 Å². The van der Waals surface area contributed by atoms with E-state index in [0.717, 1.165) is 11.3 Å². The Bertz CT molecular complexity index is 786. The lowest BCUT2D eigenvalue weighted by Crippen LogP contribution is -1.95. The van der Waals surface area contributed by atoms with Crippen molar-refractivity contribution in [2.75, 3.05) is 6.79 Å². The Balaban J connectivity index is 1.45. The van der Waals surface area contributed by atoms with Crippen LogP contribution in [0.1, 0.15) is 5.89 Å². The van der Waals surface area contributed by atoms with Crippen LogP contribution in [0, 0.1) is 0 Å². The molecule has 0 atom stereocenters. The van der Waals surface area contributed by atoms with Gasteiger partial charge in [-0.1, -0.05) is 18.2 Å². The third-order valence-electron chi connectivity index (χ3n) is 3.19. The maximum atomic E-state index is 5.63. The summed E-state index contributed by atoms with van der Waals surface area (Å²) in [6.07, 6.45) is 0. The predicted octanol–water partition coefficient (Wildman–Crippen LogP) is 3.04. The van der Waals surface area contributed by atoms with E-state index in [4.69, 9.17) is 18.6 Å². The molecule has 2 heterocycles. The van der Waals surface area contributed by atoms with E-state index in [1.165, 1.54) is 0 Å². The van der Waals surface area contributed by atoms with Crippen LogP contribution in [-0.4, -0.2) is 17.0 Å². The van der Waals surface area contributed by atoms with Gasteiger partial charge in [-0.15, -0.1) is 10.2 Å². The quantitative estimate of drug-likeness (QED) is 0.737. The van der Waals surface area contributed by atoms with Crippen LogP contribution in [0.2, 0.25) is 0 Å². The predicted molar refractivity (Wildman–Crippen MR) is 76.6 cm³/mol. The molecule has 0 spiro atoms. The Morgan fingerprint density at radius 2 is 1.82 bits per heavy atom. The van der Waals surface area contributed by atoms with E-state index in [1.54, 1.807) is 12.1 Å². The molecule has 0 fully saturated rings. The molecule has 3 aromatic rings. The minimum Gasteiger partial charge on any atom is -0.484 e. The zero-order valence-electron chi connectivity index (χ0n) is 11.6. The van der Waals surface area contributed by atoms with Gasteiger partial charge >= 0.3 is 0 Å². The highest BCUT2D eigenvalue weighted by Crippen LogP contribution is 2.35. The zero-order chi connectivity index (χ0) is 14.8. The molecule has 0 amide bonds. The van der Waals surface area contributed by atoms with Crippen LogP contribution < -0.4 is 14.2 Å². The van der Waals surface area contributed by atoms with E-state index in [9.17, 15) is 0 Å². The summed E-state index contributed by atoms with van der Waals surface area (Å²) in [5.41, 5.74) is 0.879. The summed E-state index contributed by atoms with van der Waals surface area (Å²) < 4.78 is 21.8. The molecule has 0 radical (unpaired) electrons. The second-order valence-electron chi connectivity index (χ2n) is 4.67. The Morgan fingerprint density at radius 3 is 2.73 bits per heavy atom. The van der Waals surface area contributed by atoms with Gasteiger partial charge in [0.2, 0.25) is 12.7 Å². The number of hydrogen-bond acceptors (Lipinski definition) is 6. The summed E-state index contributed by atoms with van der Waals surface area (Å²) in [6, 6.07) is 15.0. The second-order valence-corrected chi connectivity index (χ2v) is 4.67. The van der Waals surface area contributed by atoms with Crippen LogP contribution in [0.4, 0.5) is 0 Å². The van der Waals surface area contributed by atoms with Gasteiger partial charge in [0, 0.05) is 11.6 Å². The molecule has 1 aliphatic heterocycles. The van der Waals surface area contributed by atoms with Crippen molar-refractivity contribution < 1.29 is 18.6 Å². The van der Waals surface area contributed by atoms with Crippen LogP contribution >= 0.6 is 0 Å². The molecule has 0 saturated carbocycles. The van der Waals surface area contributed by atoms with Crippen LogP contribution in [0.3, 0.4) is 0 Å². The van der Waals surface area contributed by atoms with Crippen molar-refractivity contribution in [3.8, 4) is 28.7 Å². The molecule has 1 aromatic heterocycles. The minimum absolute atomic E-state index is 0.194. The Hall–Kier alpha value is -3.02. The van der Waals surface area contributed by atoms with Crippen molar-refractivity contribution in [3.05, 3.63) is 54.4 Å². The first-order chi connectivity index (χ1) is 10.9. The summed E-state index contributed by atoms with van der Waals surface area (Å²) >= 11 is 0. The van der Waals surface area contributed by atoms with Crippen molar-refractivity contribution >= 4 is 0 Å². The summed E-state index contributed by atoms with van der Waals surface area (Å²) in [6.45, 7) is 0.433. The largest absolute Gasteiger partial charge is 0.484 e. The maximum absolute atomic E-state index is 5.63. The summed E-state index contributed by atoms with van der Waals surface area (Å²) in [5.74, 6) is 2.94. The molecular weight excluding hydrogens is 284 g/mol. The van der Waals surface area contributed by atoms with Gasteiger partial charge in [-0.3, -0.25) is 0 Å². The first-order valence-corrected chi connectivity index (χ1v) is 6.79. The topological polar surface area (TPSA) is 66.6 Å². The highest BCUT2D eigenvalue weighted by atomic mass is 16.7. The molecule has 6 nitrogen and oxygen atoms in total. The third-order valence-corrected chi connectivity index (χ3v) is 3.19. The van der Waals surface area contributed by atoms with Crippen molar-refractivity contribution in [2.24, 2.45) is 0 Å². The molecule has 0 saturated heterocycles. The van der Waals surface area contributed by atoms with Gasteiger partial charge in [0.05, 0.1) is 0 Å². The van der Waals surface area contributed by atoms with E-state index in [0.29, 0.717) is 23.3 Å². The number of ether oxygens (including phenoxy) is 3. The molecule has 0 unspecified atom stereocenters. The van der Waals surface area contributed by atoms with Gasteiger partial charge < -0.3 is 18.6 Å². The molecule has 110 valence electrons. The van der Waals surface area contributed by atoms with Crippen LogP contribution in [0.15, 0.2) is 52.9 Å². The normalized spacial score (nSPS) is 12.4. The first-order valence-electron chi connectivity index (χ1n) is 6.79. The van der Waals surface area contributed by atoms with Crippen LogP contribution in [-0.2, 0) is 6.61 Å². The lowest BCUT2D eigenvalue weighted by atomic mass is 10.2. The fourth-order valence-electron chi connectivity index (χ4n) is 2.12. The lowest BCUT2D eigenvalue weighted by Gasteiger charge is -2.04. The van der Waals surface area contributed by atoms with Gasteiger partial charge in [-0.2, -0.15) is 0 Å². The molecule has 2 aromatic carbocycles. The molecular formula is C16H12N2O4. The van der Waals surface area contributed by atoms with Crippen LogP contribution in [0.5, 0.6) is 17.2 Å². The second kappa shape index (κ2) is 5.40. The first kappa shape index (κ1) is 12.7. The van der Waals surface area contributed by atoms with Gasteiger partial charge in [0.15, 0.2) is 18.1 Å². The number of rotatable bonds is 4. The maximum Gasteiger partial charge on any atom is 0.254 e. The van der Waals surface area contributed by atoms with Crippen molar-refractivity contribution in [1.82, 2.24) is 10.2 Å². The average Bonchev–Trinajstić information content (AvgIpc) is 3.22. The number of aromatic nitrogens is 2. The molecule has 0 N–H and O–H groups in total. The molecule has 22 heavy (non-hydrogen) atoms. The number of fused-ring (bicyclic) bond motifs is 1. The average molecular weight is 296 g/mol. The monoisotopic (exact) mass is 296 g/mol. The Kier molecular flexibility index (Phi) is 3.12. The third kappa shape index (κ3) is 2.46. The van der Waals surface area contributed by atoms with E-state index >= 15 is 0 Å². The fourth-order valence-corrected chi connectivity index (χ4v) is 2.12. The van der Waals surface area contributed by atoms with Gasteiger partial charge in [-0.25, -0.2) is 0 Å². The molecule has 6 heteroatoms. The van der Waals surface area contributed by atoms with E-state index in [2.05, 4.69) is 10.2 Å². The number of hydrogen-bond donors (Lipinski definition) is 0. The molecule has 4 rings (SSSR count). The SMILES string of the molecule is c1ccc(-c2nnc(COc3ccc4c(c3)OCO4)o2)cc1. The smallest absolute Gasteiger partial charge is 0.254 e. The van der Waals surface area contributed by atoms with Gasteiger partial charge in [0.25, 0.3) is 5.89 Å². The van der Waals surface area contributed by atoms with Gasteiger partial charge in [0.1, 0.15) is 5.75 Å². The summed E-state index contributed by atoms with van der Waals surface area (Å²) in [5, 5.41) is 8.00. The van der Waals surface area contributed by atoms with Crippen LogP contribution in [0.25, 0.3) is 11.5 Å². The number of benzene rings is 2.